The molecule has 0 aromatic heterocycles. The van der Waals surface area contributed by atoms with Gasteiger partial charge in [0.2, 0.25) is 5.91 Å². The first-order chi connectivity index (χ1) is 7.72. The van der Waals surface area contributed by atoms with Crippen LogP contribution in [-0.2, 0) is 4.79 Å². The molecule has 2 aliphatic rings. The maximum Gasteiger partial charge on any atom is 0.225 e. The van der Waals surface area contributed by atoms with Crippen LogP contribution < -0.4 is 0 Å². The van der Waals surface area contributed by atoms with Gasteiger partial charge >= 0.3 is 0 Å². The highest BCUT2D eigenvalue weighted by molar-refractivity contribution is 5.79. The van der Waals surface area contributed by atoms with Crippen LogP contribution in [-0.4, -0.2) is 34.6 Å². The first-order valence-electron chi connectivity index (χ1n) is 6.71. The summed E-state index contributed by atoms with van der Waals surface area (Å²) in [6.45, 7) is 3.05. The van der Waals surface area contributed by atoms with Crippen molar-refractivity contribution in [1.82, 2.24) is 4.90 Å². The van der Waals surface area contributed by atoms with Crippen LogP contribution in [0.15, 0.2) is 0 Å². The molecular formula is C13H23NO2. The van der Waals surface area contributed by atoms with Gasteiger partial charge in [0.05, 0.1) is 6.10 Å². The lowest BCUT2D eigenvalue weighted by molar-refractivity contribution is -0.137. The maximum atomic E-state index is 12.3. The molecule has 3 heteroatoms. The minimum atomic E-state index is -0.162. The number of aliphatic hydroxyl groups is 1. The van der Waals surface area contributed by atoms with Crippen molar-refractivity contribution in [2.24, 2.45) is 5.92 Å². The number of carbonyl (C=O) groups excluding carboxylic acids is 1. The second-order valence-corrected chi connectivity index (χ2v) is 5.27. The molecule has 0 atom stereocenters. The fourth-order valence-corrected chi connectivity index (χ4v) is 2.66. The Hall–Kier alpha value is -0.570. The zero-order valence-corrected chi connectivity index (χ0v) is 10.2. The van der Waals surface area contributed by atoms with Crippen molar-refractivity contribution in [3.63, 3.8) is 0 Å². The minimum absolute atomic E-state index is 0.162. The zero-order valence-electron chi connectivity index (χ0n) is 10.2. The molecule has 0 aromatic rings. The number of carbonyl (C=O) groups is 1. The van der Waals surface area contributed by atoms with Crippen molar-refractivity contribution in [3.05, 3.63) is 0 Å². The van der Waals surface area contributed by atoms with E-state index in [1.54, 1.807) is 0 Å². The minimum Gasteiger partial charge on any atom is -0.393 e. The molecule has 2 aliphatic carbocycles. The number of aliphatic hydroxyl groups excluding tert-OH is 1. The van der Waals surface area contributed by atoms with E-state index in [1.807, 2.05) is 0 Å². The molecule has 2 fully saturated rings. The third-order valence-electron chi connectivity index (χ3n) is 3.78. The molecule has 3 nitrogen and oxygen atoms in total. The van der Waals surface area contributed by atoms with Gasteiger partial charge in [0, 0.05) is 18.5 Å². The van der Waals surface area contributed by atoms with Crippen molar-refractivity contribution >= 4 is 5.91 Å². The molecule has 0 aromatic carbocycles. The summed E-state index contributed by atoms with van der Waals surface area (Å²) in [5.41, 5.74) is 0. The van der Waals surface area contributed by atoms with E-state index in [0.29, 0.717) is 11.9 Å². The molecule has 0 saturated heterocycles. The molecule has 0 unspecified atom stereocenters. The first kappa shape index (κ1) is 11.9. The number of rotatable bonds is 4. The molecule has 1 amide bonds. The molecule has 0 radical (unpaired) electrons. The first-order valence-corrected chi connectivity index (χ1v) is 6.71. The number of hydrogen-bond acceptors (Lipinski definition) is 2. The number of hydrogen-bond donors (Lipinski definition) is 1. The summed E-state index contributed by atoms with van der Waals surface area (Å²) in [6.07, 6.45) is 6.66. The van der Waals surface area contributed by atoms with Crippen LogP contribution in [0.5, 0.6) is 0 Å². The van der Waals surface area contributed by atoms with Crippen molar-refractivity contribution < 1.29 is 9.90 Å². The molecular weight excluding hydrogens is 202 g/mol. The summed E-state index contributed by atoms with van der Waals surface area (Å²) in [6, 6.07) is 0.541. The lowest BCUT2D eigenvalue weighted by atomic mass is 9.86. The standard InChI is InChI=1S/C13H23NO2/c1-2-9-14(11-5-6-11)13(16)10-3-7-12(15)8-4-10/h10-12,15H,2-9H2,1H3. The normalized spacial score (nSPS) is 30.1. The van der Waals surface area contributed by atoms with Gasteiger partial charge in [-0.05, 0) is 44.9 Å². The van der Waals surface area contributed by atoms with E-state index in [0.717, 1.165) is 38.6 Å². The second-order valence-electron chi connectivity index (χ2n) is 5.27. The summed E-state index contributed by atoms with van der Waals surface area (Å²) in [5.74, 6) is 0.548. The van der Waals surface area contributed by atoms with Crippen LogP contribution >= 0.6 is 0 Å². The Labute approximate surface area is 97.8 Å². The Kier molecular flexibility index (Phi) is 3.85. The molecule has 92 valence electrons. The van der Waals surface area contributed by atoms with Crippen LogP contribution in [0.3, 0.4) is 0 Å². The average Bonchev–Trinajstić information content (AvgIpc) is 3.10. The quantitative estimate of drug-likeness (QED) is 0.794. The van der Waals surface area contributed by atoms with Crippen LogP contribution in [0.4, 0.5) is 0 Å². The van der Waals surface area contributed by atoms with Crippen LogP contribution in [0, 0.1) is 5.92 Å². The fourth-order valence-electron chi connectivity index (χ4n) is 2.66. The van der Waals surface area contributed by atoms with Gasteiger partial charge in [0.25, 0.3) is 0 Å². The highest BCUT2D eigenvalue weighted by Crippen LogP contribution is 2.32. The van der Waals surface area contributed by atoms with Crippen molar-refractivity contribution in [3.8, 4) is 0 Å². The van der Waals surface area contributed by atoms with E-state index in [2.05, 4.69) is 11.8 Å². The molecule has 2 saturated carbocycles. The van der Waals surface area contributed by atoms with E-state index in [4.69, 9.17) is 0 Å². The molecule has 2 rings (SSSR count). The number of nitrogens with zero attached hydrogens (tertiary/aromatic N) is 1. The smallest absolute Gasteiger partial charge is 0.225 e. The van der Waals surface area contributed by atoms with Gasteiger partial charge in [-0.15, -0.1) is 0 Å². The van der Waals surface area contributed by atoms with Gasteiger partial charge in [0.1, 0.15) is 0 Å². The largest absolute Gasteiger partial charge is 0.393 e. The second kappa shape index (κ2) is 5.17. The summed E-state index contributed by atoms with van der Waals surface area (Å²) in [5, 5.41) is 9.45. The van der Waals surface area contributed by atoms with Crippen molar-refractivity contribution in [1.29, 1.82) is 0 Å². The average molecular weight is 225 g/mol. The lowest BCUT2D eigenvalue weighted by Gasteiger charge is -2.30. The fraction of sp³-hybridized carbons (Fsp3) is 0.923. The third-order valence-corrected chi connectivity index (χ3v) is 3.78. The Morgan fingerprint density at radius 3 is 2.31 bits per heavy atom. The highest BCUT2D eigenvalue weighted by atomic mass is 16.3. The van der Waals surface area contributed by atoms with Gasteiger partial charge in [-0.3, -0.25) is 4.79 Å². The van der Waals surface area contributed by atoms with Gasteiger partial charge in [-0.1, -0.05) is 6.92 Å². The van der Waals surface area contributed by atoms with E-state index >= 15 is 0 Å². The molecule has 0 bridgehead atoms. The Balaban J connectivity index is 1.88. The van der Waals surface area contributed by atoms with E-state index in [-0.39, 0.29) is 12.0 Å². The van der Waals surface area contributed by atoms with Crippen molar-refractivity contribution in [2.45, 2.75) is 64.0 Å². The van der Waals surface area contributed by atoms with Crippen molar-refractivity contribution in [2.75, 3.05) is 6.54 Å². The molecule has 0 aliphatic heterocycles. The van der Waals surface area contributed by atoms with Crippen LogP contribution in [0.1, 0.15) is 51.9 Å². The van der Waals surface area contributed by atoms with E-state index in [1.165, 1.54) is 12.8 Å². The monoisotopic (exact) mass is 225 g/mol. The Morgan fingerprint density at radius 2 is 1.81 bits per heavy atom. The van der Waals surface area contributed by atoms with Crippen LogP contribution in [0.25, 0.3) is 0 Å². The number of amides is 1. The molecule has 16 heavy (non-hydrogen) atoms. The zero-order chi connectivity index (χ0) is 11.5. The van der Waals surface area contributed by atoms with Gasteiger partial charge in [-0.2, -0.15) is 0 Å². The Morgan fingerprint density at radius 1 is 1.19 bits per heavy atom. The maximum absolute atomic E-state index is 12.3. The van der Waals surface area contributed by atoms with Crippen LogP contribution in [0.2, 0.25) is 0 Å². The molecule has 0 heterocycles. The SMILES string of the molecule is CCCN(C(=O)C1CCC(O)CC1)C1CC1. The van der Waals surface area contributed by atoms with E-state index in [9.17, 15) is 9.90 Å². The summed E-state index contributed by atoms with van der Waals surface area (Å²) < 4.78 is 0. The topological polar surface area (TPSA) is 40.5 Å². The summed E-state index contributed by atoms with van der Waals surface area (Å²) >= 11 is 0. The lowest BCUT2D eigenvalue weighted by Crippen LogP contribution is -2.40. The van der Waals surface area contributed by atoms with E-state index < -0.39 is 0 Å². The summed E-state index contributed by atoms with van der Waals surface area (Å²) in [7, 11) is 0. The van der Waals surface area contributed by atoms with Gasteiger partial charge < -0.3 is 10.0 Å². The molecule has 0 spiro atoms. The van der Waals surface area contributed by atoms with Gasteiger partial charge in [0.15, 0.2) is 0 Å². The predicted molar refractivity (Wildman–Crippen MR) is 63.0 cm³/mol. The summed E-state index contributed by atoms with van der Waals surface area (Å²) in [4.78, 5) is 14.4. The predicted octanol–water partition coefficient (Wildman–Crippen LogP) is 1.94. The Bertz CT molecular complexity index is 242. The molecule has 1 N–H and O–H groups in total. The highest BCUT2D eigenvalue weighted by Gasteiger charge is 2.36. The third kappa shape index (κ3) is 2.76. The van der Waals surface area contributed by atoms with Gasteiger partial charge in [-0.25, -0.2) is 0 Å².